The second-order valence-electron chi connectivity index (χ2n) is 3.20. The zero-order valence-electron chi connectivity index (χ0n) is 8.06. The Kier molecular flexibility index (Phi) is 2.21. The molecule has 0 amide bonds. The number of fused-ring (bicyclic) bond motifs is 1. The topological polar surface area (TPSA) is 78.9 Å². The van der Waals surface area contributed by atoms with Gasteiger partial charge in [0.25, 0.3) is 0 Å². The third-order valence-corrected chi connectivity index (χ3v) is 2.06. The average Bonchev–Trinajstić information content (AvgIpc) is 2.64. The van der Waals surface area contributed by atoms with Crippen LogP contribution in [-0.2, 0) is 4.79 Å². The van der Waals surface area contributed by atoms with Crippen LogP contribution in [-0.4, -0.2) is 26.5 Å². The maximum absolute atomic E-state index is 10.6. The largest absolute Gasteiger partial charge is 0.478 e. The van der Waals surface area contributed by atoms with Crippen molar-refractivity contribution in [2.75, 3.05) is 0 Å². The lowest BCUT2D eigenvalue weighted by Gasteiger charge is -1.95. The predicted octanol–water partition coefficient (Wildman–Crippen LogP) is 1.45. The number of H-pyrrole nitrogens is 1. The quantitative estimate of drug-likeness (QED) is 0.724. The molecule has 0 unspecified atom stereocenters. The summed E-state index contributed by atoms with van der Waals surface area (Å²) in [5, 5.41) is 19.0. The summed E-state index contributed by atoms with van der Waals surface area (Å²) >= 11 is 0. The highest BCUT2D eigenvalue weighted by Gasteiger charge is 2.02. The van der Waals surface area contributed by atoms with Gasteiger partial charge in [0.15, 0.2) is 0 Å². The van der Waals surface area contributed by atoms with Gasteiger partial charge < -0.3 is 5.11 Å². The molecular formula is C10H9N3O2. The van der Waals surface area contributed by atoms with E-state index in [4.69, 9.17) is 5.11 Å². The maximum atomic E-state index is 10.6. The van der Waals surface area contributed by atoms with Gasteiger partial charge in [-0.15, -0.1) is 0 Å². The molecule has 0 fully saturated rings. The van der Waals surface area contributed by atoms with Crippen LogP contribution in [0.2, 0.25) is 0 Å². The Morgan fingerprint density at radius 2 is 2.13 bits per heavy atom. The van der Waals surface area contributed by atoms with Gasteiger partial charge >= 0.3 is 5.97 Å². The molecule has 1 aromatic heterocycles. The average molecular weight is 203 g/mol. The molecule has 5 nitrogen and oxygen atoms in total. The van der Waals surface area contributed by atoms with Crippen LogP contribution in [0.25, 0.3) is 17.1 Å². The first kappa shape index (κ1) is 9.39. The summed E-state index contributed by atoms with van der Waals surface area (Å²) < 4.78 is 0. The molecule has 2 N–H and O–H groups in total. The molecule has 0 atom stereocenters. The molecule has 76 valence electrons. The molecule has 0 saturated carbocycles. The Hall–Kier alpha value is -2.17. The van der Waals surface area contributed by atoms with Gasteiger partial charge in [0.2, 0.25) is 0 Å². The summed E-state index contributed by atoms with van der Waals surface area (Å²) in [6, 6.07) is 5.38. The number of hydrogen-bond donors (Lipinski definition) is 2. The molecule has 0 bridgehead atoms. The fourth-order valence-electron chi connectivity index (χ4n) is 1.26. The van der Waals surface area contributed by atoms with Crippen molar-refractivity contribution in [3.05, 3.63) is 29.3 Å². The van der Waals surface area contributed by atoms with E-state index in [1.165, 1.54) is 0 Å². The summed E-state index contributed by atoms with van der Waals surface area (Å²) in [6.45, 7) is 1.55. The van der Waals surface area contributed by atoms with Crippen LogP contribution in [0.1, 0.15) is 12.5 Å². The third kappa shape index (κ3) is 1.85. The second-order valence-corrected chi connectivity index (χ2v) is 3.20. The lowest BCUT2D eigenvalue weighted by Crippen LogP contribution is -1.95. The Morgan fingerprint density at radius 3 is 2.87 bits per heavy atom. The Balaban J connectivity index is 2.44. The van der Waals surface area contributed by atoms with E-state index in [9.17, 15) is 4.79 Å². The Morgan fingerprint density at radius 1 is 1.40 bits per heavy atom. The zero-order chi connectivity index (χ0) is 10.8. The number of carbonyl (C=O) groups is 1. The number of nitrogens with one attached hydrogen (secondary N) is 1. The van der Waals surface area contributed by atoms with Crippen molar-refractivity contribution < 1.29 is 9.90 Å². The number of aliphatic carboxylic acids is 1. The van der Waals surface area contributed by atoms with Crippen molar-refractivity contribution in [1.82, 2.24) is 15.4 Å². The Labute approximate surface area is 85.4 Å². The molecule has 1 heterocycles. The lowest BCUT2D eigenvalue weighted by atomic mass is 10.1. The van der Waals surface area contributed by atoms with Crippen molar-refractivity contribution in [3.8, 4) is 0 Å². The van der Waals surface area contributed by atoms with Gasteiger partial charge in [-0.2, -0.15) is 15.4 Å². The van der Waals surface area contributed by atoms with Crippen LogP contribution in [0.5, 0.6) is 0 Å². The van der Waals surface area contributed by atoms with E-state index in [0.29, 0.717) is 0 Å². The van der Waals surface area contributed by atoms with Crippen molar-refractivity contribution in [2.24, 2.45) is 0 Å². The highest BCUT2D eigenvalue weighted by atomic mass is 16.4. The summed E-state index contributed by atoms with van der Waals surface area (Å²) in [4.78, 5) is 10.6. The molecule has 0 radical (unpaired) electrons. The number of aromatic amines is 1. The number of benzene rings is 1. The number of carboxylic acid groups (broad SMARTS) is 1. The van der Waals surface area contributed by atoms with Crippen molar-refractivity contribution in [2.45, 2.75) is 6.92 Å². The van der Waals surface area contributed by atoms with E-state index in [0.717, 1.165) is 16.6 Å². The number of carboxylic acids is 1. The molecule has 2 aromatic rings. The van der Waals surface area contributed by atoms with Gasteiger partial charge in [-0.25, -0.2) is 4.79 Å². The van der Waals surface area contributed by atoms with E-state index in [1.807, 2.05) is 0 Å². The highest BCUT2D eigenvalue weighted by molar-refractivity contribution is 5.92. The summed E-state index contributed by atoms with van der Waals surface area (Å²) in [5.74, 6) is -0.921. The number of rotatable bonds is 2. The summed E-state index contributed by atoms with van der Waals surface area (Å²) in [6.07, 6.45) is 1.59. The van der Waals surface area contributed by atoms with Crippen molar-refractivity contribution in [1.29, 1.82) is 0 Å². The molecule has 15 heavy (non-hydrogen) atoms. The molecular weight excluding hydrogens is 194 g/mol. The third-order valence-electron chi connectivity index (χ3n) is 2.06. The normalized spacial score (nSPS) is 11.9. The van der Waals surface area contributed by atoms with Crippen LogP contribution >= 0.6 is 0 Å². The molecule has 2 rings (SSSR count). The van der Waals surface area contributed by atoms with E-state index in [2.05, 4.69) is 15.4 Å². The minimum atomic E-state index is -0.921. The first-order valence-corrected chi connectivity index (χ1v) is 4.39. The summed E-state index contributed by atoms with van der Waals surface area (Å²) in [7, 11) is 0. The first-order valence-electron chi connectivity index (χ1n) is 4.39. The number of nitrogens with zero attached hydrogens (tertiary/aromatic N) is 2. The van der Waals surface area contributed by atoms with Crippen molar-refractivity contribution in [3.63, 3.8) is 0 Å². The predicted molar refractivity (Wildman–Crippen MR) is 55.2 cm³/mol. The van der Waals surface area contributed by atoms with Gasteiger partial charge in [0, 0.05) is 5.57 Å². The van der Waals surface area contributed by atoms with Gasteiger partial charge in [-0.05, 0) is 30.7 Å². The first-order chi connectivity index (χ1) is 7.16. The highest BCUT2D eigenvalue weighted by Crippen LogP contribution is 2.13. The molecule has 1 aromatic carbocycles. The molecule has 0 aliphatic carbocycles. The van der Waals surface area contributed by atoms with Crippen molar-refractivity contribution >= 4 is 23.1 Å². The van der Waals surface area contributed by atoms with Gasteiger partial charge in [0.05, 0.1) is 0 Å². The molecule has 5 heteroatoms. The monoisotopic (exact) mass is 203 g/mol. The minimum absolute atomic E-state index is 0.290. The smallest absolute Gasteiger partial charge is 0.331 e. The van der Waals surface area contributed by atoms with Gasteiger partial charge in [-0.1, -0.05) is 6.07 Å². The maximum Gasteiger partial charge on any atom is 0.331 e. The summed E-state index contributed by atoms with van der Waals surface area (Å²) in [5.41, 5.74) is 2.58. The zero-order valence-corrected chi connectivity index (χ0v) is 8.06. The molecule has 0 saturated heterocycles. The molecule has 0 spiro atoms. The molecule has 0 aliphatic heterocycles. The van der Waals surface area contributed by atoms with Gasteiger partial charge in [-0.3, -0.25) is 0 Å². The Bertz CT molecular complexity index is 542. The fourth-order valence-corrected chi connectivity index (χ4v) is 1.26. The fraction of sp³-hybridized carbons (Fsp3) is 0.100. The van der Waals surface area contributed by atoms with Crippen LogP contribution in [0.3, 0.4) is 0 Å². The minimum Gasteiger partial charge on any atom is -0.478 e. The number of aromatic nitrogens is 3. The molecule has 0 aliphatic rings. The van der Waals surface area contributed by atoms with Gasteiger partial charge in [0.1, 0.15) is 11.0 Å². The lowest BCUT2D eigenvalue weighted by molar-refractivity contribution is -0.132. The van der Waals surface area contributed by atoms with E-state index in [-0.39, 0.29) is 5.57 Å². The van der Waals surface area contributed by atoms with Crippen LogP contribution in [0.15, 0.2) is 23.8 Å². The standard InChI is InChI=1S/C10H9N3O2/c1-6(10(14)15)4-7-2-3-8-9(5-7)12-13-11-8/h2-5H,1H3,(H,14,15)(H,11,12,13)/b6-4+. The van der Waals surface area contributed by atoms with Crippen LogP contribution in [0, 0.1) is 0 Å². The van der Waals surface area contributed by atoms with E-state index >= 15 is 0 Å². The number of hydrogen-bond acceptors (Lipinski definition) is 3. The van der Waals surface area contributed by atoms with E-state index in [1.54, 1.807) is 31.2 Å². The SMILES string of the molecule is C/C(=C\c1ccc2n[nH]nc2c1)C(=O)O. The second kappa shape index (κ2) is 3.53. The van der Waals surface area contributed by atoms with Crippen LogP contribution < -0.4 is 0 Å². The van der Waals surface area contributed by atoms with E-state index < -0.39 is 5.97 Å². The van der Waals surface area contributed by atoms with Crippen LogP contribution in [0.4, 0.5) is 0 Å².